The van der Waals surface area contributed by atoms with Crippen molar-refractivity contribution in [1.82, 2.24) is 9.97 Å². The third-order valence-corrected chi connectivity index (χ3v) is 10.2. The van der Waals surface area contributed by atoms with E-state index >= 15 is 0 Å². The molecule has 0 amide bonds. The number of fused-ring (bicyclic) bond motifs is 3. The number of H-pyrrole nitrogens is 1. The van der Waals surface area contributed by atoms with E-state index in [9.17, 15) is 20.4 Å². The maximum Gasteiger partial charge on any atom is 0.161 e. The molecule has 8 nitrogen and oxygen atoms in total. The van der Waals surface area contributed by atoms with Crippen LogP contribution in [0.5, 0.6) is 11.5 Å². The number of nitrogen functional groups attached to an aromatic ring is 1. The van der Waals surface area contributed by atoms with Crippen LogP contribution in [0.2, 0.25) is 0 Å². The number of aromatic nitrogens is 2. The molecule has 242 valence electrons. The average Bonchev–Trinajstić information content (AvgIpc) is 3.49. The minimum atomic E-state index is -0.699. The van der Waals surface area contributed by atoms with Crippen LogP contribution >= 0.6 is 0 Å². The number of phenols is 1. The van der Waals surface area contributed by atoms with Gasteiger partial charge in [0.05, 0.1) is 18.8 Å². The van der Waals surface area contributed by atoms with Gasteiger partial charge in [-0.2, -0.15) is 0 Å². The van der Waals surface area contributed by atoms with E-state index < -0.39 is 18.3 Å². The molecule has 2 heterocycles. The lowest BCUT2D eigenvalue weighted by Crippen LogP contribution is -2.37. The van der Waals surface area contributed by atoms with Crippen molar-refractivity contribution in [2.45, 2.75) is 102 Å². The number of aromatic amines is 1. The first-order chi connectivity index (χ1) is 21.8. The van der Waals surface area contributed by atoms with Gasteiger partial charge in [-0.15, -0.1) is 5.92 Å². The van der Waals surface area contributed by atoms with Crippen molar-refractivity contribution in [2.24, 2.45) is 17.3 Å². The van der Waals surface area contributed by atoms with Gasteiger partial charge in [-0.05, 0) is 117 Å². The molecule has 0 aliphatic heterocycles. The fourth-order valence-electron chi connectivity index (χ4n) is 7.34. The quantitative estimate of drug-likeness (QED) is 0.139. The van der Waals surface area contributed by atoms with Crippen molar-refractivity contribution >= 4 is 5.82 Å². The fourth-order valence-corrected chi connectivity index (χ4v) is 7.34. The molecule has 7 unspecified atom stereocenters. The molecular weight excluding hydrogens is 566 g/mol. The number of anilines is 1. The molecule has 2 bridgehead atoms. The number of hydrogen-bond donors (Lipinski definition) is 6. The Balaban J connectivity index is 1.25. The van der Waals surface area contributed by atoms with Crippen molar-refractivity contribution in [1.29, 1.82) is 0 Å². The topological polar surface area (TPSA) is 145 Å². The minimum absolute atomic E-state index is 0.00880. The number of aryl methyl sites for hydroxylation is 1. The highest BCUT2D eigenvalue weighted by molar-refractivity contribution is 5.42. The largest absolute Gasteiger partial charge is 0.504 e. The summed E-state index contributed by atoms with van der Waals surface area (Å²) < 4.78 is 6.21. The Bertz CT molecular complexity index is 1430. The predicted octanol–water partition coefficient (Wildman–Crippen LogP) is 5.51. The number of aromatic hydroxyl groups is 1. The summed E-state index contributed by atoms with van der Waals surface area (Å²) in [6, 6.07) is 13.0. The number of aliphatic hydroxyl groups excluding tert-OH is 3. The van der Waals surface area contributed by atoms with Crippen LogP contribution in [0.4, 0.5) is 5.82 Å². The Hall–Kier alpha value is -3.51. The van der Waals surface area contributed by atoms with Crippen LogP contribution in [0.25, 0.3) is 0 Å². The Labute approximate surface area is 267 Å². The standard InChI is InChI=1S/C37H49N3O5/c1-2-37-15-3-6-26(13-17-37)36(44)31(8-4-16-37)32(42)11-9-25-10-12-33(43)34(20-25)45-30(24-41)22-28(21-29-7-5-18-39-29)27-14-19-40-35(38)23-27/h5,7,10,12,14,18-20,23,26,28,30-32,36,39,41-44H,2-3,6,8-9,11,13,15,17,21-22,24H2,1H3,(H2,38,40). The van der Waals surface area contributed by atoms with Gasteiger partial charge in [0.1, 0.15) is 11.9 Å². The lowest BCUT2D eigenvalue weighted by Gasteiger charge is -2.31. The van der Waals surface area contributed by atoms with Crippen molar-refractivity contribution in [3.05, 3.63) is 71.7 Å². The number of pyridine rings is 1. The molecule has 7 atom stereocenters. The lowest BCUT2D eigenvalue weighted by molar-refractivity contribution is -0.0231. The number of aliphatic hydroxyl groups is 3. The molecule has 1 saturated carbocycles. The zero-order valence-electron chi connectivity index (χ0n) is 26.4. The third-order valence-electron chi connectivity index (χ3n) is 10.2. The van der Waals surface area contributed by atoms with Gasteiger partial charge in [0.15, 0.2) is 11.5 Å². The minimum Gasteiger partial charge on any atom is -0.504 e. The molecule has 8 heteroatoms. The van der Waals surface area contributed by atoms with Gasteiger partial charge < -0.3 is 35.9 Å². The summed E-state index contributed by atoms with van der Waals surface area (Å²) in [5.74, 6) is 7.52. The fraction of sp³-hybridized carbons (Fsp3) is 0.541. The van der Waals surface area contributed by atoms with Crippen molar-refractivity contribution in [2.75, 3.05) is 12.3 Å². The molecule has 0 radical (unpaired) electrons. The van der Waals surface area contributed by atoms with E-state index in [4.69, 9.17) is 10.5 Å². The van der Waals surface area contributed by atoms with Gasteiger partial charge in [0, 0.05) is 35.8 Å². The van der Waals surface area contributed by atoms with E-state index in [-0.39, 0.29) is 35.5 Å². The molecule has 3 aromatic rings. The molecule has 45 heavy (non-hydrogen) atoms. The second kappa shape index (κ2) is 15.2. The lowest BCUT2D eigenvalue weighted by atomic mass is 9.78. The Morgan fingerprint density at radius 2 is 2.04 bits per heavy atom. The van der Waals surface area contributed by atoms with Crippen LogP contribution in [0.15, 0.2) is 54.9 Å². The van der Waals surface area contributed by atoms with Gasteiger partial charge >= 0.3 is 0 Å². The molecule has 0 spiro atoms. The summed E-state index contributed by atoms with van der Waals surface area (Å²) in [6.07, 6.45) is 10.6. The molecule has 1 fully saturated rings. The summed E-state index contributed by atoms with van der Waals surface area (Å²) >= 11 is 0. The number of nitrogens with two attached hydrogens (primary N) is 1. The number of ether oxygens (including phenoxy) is 1. The summed E-state index contributed by atoms with van der Waals surface area (Å²) in [4.78, 5) is 7.37. The number of phenolic OH excluding ortho intramolecular Hbond substituents is 1. The van der Waals surface area contributed by atoms with Crippen molar-refractivity contribution in [3.8, 4) is 23.3 Å². The first-order valence-electron chi connectivity index (χ1n) is 16.6. The van der Waals surface area contributed by atoms with Crippen LogP contribution in [0.3, 0.4) is 0 Å². The SMILES string of the molecule is CCC12C#CCC(C(O)CCc3ccc(O)c(OC(CO)CC(Cc4ccc[nH]4)c4ccnc(N)c4)c3)C(O)C(CCC1)CC2. The summed E-state index contributed by atoms with van der Waals surface area (Å²) in [5.41, 5.74) is 8.98. The second-order valence-electron chi connectivity index (χ2n) is 13.2. The van der Waals surface area contributed by atoms with E-state index in [1.54, 1.807) is 18.3 Å². The van der Waals surface area contributed by atoms with Crippen molar-refractivity contribution < 1.29 is 25.2 Å². The van der Waals surface area contributed by atoms with E-state index in [2.05, 4.69) is 28.7 Å². The van der Waals surface area contributed by atoms with Crippen LogP contribution in [0, 0.1) is 29.1 Å². The number of hydrogen-bond acceptors (Lipinski definition) is 7. The van der Waals surface area contributed by atoms with E-state index in [0.717, 1.165) is 55.3 Å². The molecule has 2 aliphatic rings. The highest BCUT2D eigenvalue weighted by Gasteiger charge is 2.38. The maximum atomic E-state index is 11.4. The first kappa shape index (κ1) is 32.9. The molecule has 5 rings (SSSR count). The van der Waals surface area contributed by atoms with E-state index in [1.165, 1.54) is 0 Å². The molecule has 7 N–H and O–H groups in total. The van der Waals surface area contributed by atoms with Crippen molar-refractivity contribution in [3.63, 3.8) is 0 Å². The number of rotatable bonds is 13. The van der Waals surface area contributed by atoms with Crippen LogP contribution in [-0.4, -0.2) is 55.3 Å². The third kappa shape index (κ3) is 8.40. The summed E-state index contributed by atoms with van der Waals surface area (Å²) in [5, 5.41) is 43.7. The predicted molar refractivity (Wildman–Crippen MR) is 176 cm³/mol. The Morgan fingerprint density at radius 1 is 1.18 bits per heavy atom. The number of nitrogens with zero attached hydrogens (tertiary/aromatic N) is 1. The van der Waals surface area contributed by atoms with E-state index in [0.29, 0.717) is 43.7 Å². The number of nitrogens with one attached hydrogen (secondary N) is 1. The Kier molecular flexibility index (Phi) is 11.1. The monoisotopic (exact) mass is 615 g/mol. The molecular formula is C37H49N3O5. The molecule has 0 saturated heterocycles. The normalized spacial score (nSPS) is 25.1. The van der Waals surface area contributed by atoms with Gasteiger partial charge in [-0.1, -0.05) is 25.3 Å². The second-order valence-corrected chi connectivity index (χ2v) is 13.2. The molecule has 2 aliphatic carbocycles. The first-order valence-corrected chi connectivity index (χ1v) is 16.6. The van der Waals surface area contributed by atoms with Gasteiger partial charge in [-0.3, -0.25) is 0 Å². The highest BCUT2D eigenvalue weighted by Crippen LogP contribution is 2.43. The van der Waals surface area contributed by atoms with Gasteiger partial charge in [0.25, 0.3) is 0 Å². The van der Waals surface area contributed by atoms with E-state index in [1.807, 2.05) is 36.5 Å². The molecule has 1 aromatic carbocycles. The number of benzene rings is 1. The van der Waals surface area contributed by atoms with Crippen LogP contribution in [0.1, 0.15) is 87.4 Å². The van der Waals surface area contributed by atoms with Crippen LogP contribution in [-0.2, 0) is 12.8 Å². The molecule has 2 aromatic heterocycles. The van der Waals surface area contributed by atoms with Gasteiger partial charge in [0.2, 0.25) is 0 Å². The zero-order valence-corrected chi connectivity index (χ0v) is 26.4. The highest BCUT2D eigenvalue weighted by atomic mass is 16.5. The summed E-state index contributed by atoms with van der Waals surface area (Å²) in [7, 11) is 0. The van der Waals surface area contributed by atoms with Crippen LogP contribution < -0.4 is 10.5 Å². The Morgan fingerprint density at radius 3 is 2.80 bits per heavy atom. The smallest absolute Gasteiger partial charge is 0.161 e. The van der Waals surface area contributed by atoms with Gasteiger partial charge in [-0.25, -0.2) is 4.98 Å². The maximum absolute atomic E-state index is 11.4. The average molecular weight is 616 g/mol. The summed E-state index contributed by atoms with van der Waals surface area (Å²) in [6.45, 7) is 1.98. The zero-order chi connectivity index (χ0) is 31.8.